The number of hydrogen-bond donors (Lipinski definition) is 1. The fourth-order valence-corrected chi connectivity index (χ4v) is 3.50. The Bertz CT molecular complexity index is 620. The molecule has 2 aliphatic rings. The summed E-state index contributed by atoms with van der Waals surface area (Å²) in [5.74, 6) is -1.33. The van der Waals surface area contributed by atoms with Gasteiger partial charge < -0.3 is 5.11 Å². The zero-order valence-corrected chi connectivity index (χ0v) is 10.8. The van der Waals surface area contributed by atoms with E-state index in [1.54, 1.807) is 6.08 Å². The van der Waals surface area contributed by atoms with E-state index < -0.39 is 5.97 Å². The third kappa shape index (κ3) is 1.49. The Kier molecular flexibility index (Phi) is 2.49. The van der Waals surface area contributed by atoms with E-state index in [4.69, 9.17) is 5.11 Å². The van der Waals surface area contributed by atoms with Crippen LogP contribution in [0.15, 0.2) is 16.7 Å². The molecular formula is C10H7N3O3S2. The van der Waals surface area contributed by atoms with Gasteiger partial charge in [-0.05, 0) is 24.5 Å². The predicted molar refractivity (Wildman–Crippen MR) is 66.6 cm³/mol. The molecule has 8 heteroatoms. The summed E-state index contributed by atoms with van der Waals surface area (Å²) in [6, 6.07) is 0. The van der Waals surface area contributed by atoms with Crippen molar-refractivity contribution < 1.29 is 14.7 Å². The Hall–Kier alpha value is -1.67. The molecule has 1 atom stereocenters. The molecule has 3 heterocycles. The molecule has 0 bridgehead atoms. The molecule has 1 saturated heterocycles. The molecule has 3 rings (SSSR count). The minimum absolute atomic E-state index is 0.0475. The Morgan fingerprint density at radius 2 is 2.39 bits per heavy atom. The summed E-state index contributed by atoms with van der Waals surface area (Å²) >= 11 is 2.55. The molecule has 0 unspecified atom stereocenters. The highest BCUT2D eigenvalue weighted by Crippen LogP contribution is 2.45. The van der Waals surface area contributed by atoms with Crippen molar-refractivity contribution in [3.8, 4) is 0 Å². The number of nitrogens with zero attached hydrogens (tertiary/aromatic N) is 3. The van der Waals surface area contributed by atoms with Crippen molar-refractivity contribution in [1.82, 2.24) is 14.5 Å². The molecule has 18 heavy (non-hydrogen) atoms. The zero-order valence-electron chi connectivity index (χ0n) is 9.15. The van der Waals surface area contributed by atoms with Gasteiger partial charge in [0.2, 0.25) is 0 Å². The van der Waals surface area contributed by atoms with E-state index in [-0.39, 0.29) is 17.0 Å². The summed E-state index contributed by atoms with van der Waals surface area (Å²) in [4.78, 5) is 24.9. The van der Waals surface area contributed by atoms with Crippen LogP contribution in [0.2, 0.25) is 0 Å². The Morgan fingerprint density at radius 3 is 3.00 bits per heavy atom. The van der Waals surface area contributed by atoms with Crippen molar-refractivity contribution in [2.24, 2.45) is 0 Å². The van der Waals surface area contributed by atoms with E-state index in [9.17, 15) is 9.59 Å². The normalized spacial score (nSPS) is 23.9. The van der Waals surface area contributed by atoms with Gasteiger partial charge in [0.05, 0.1) is 16.1 Å². The van der Waals surface area contributed by atoms with Gasteiger partial charge in [0.25, 0.3) is 5.91 Å². The first-order chi connectivity index (χ1) is 8.59. The number of carboxylic acids is 1. The molecular weight excluding hydrogens is 274 g/mol. The van der Waals surface area contributed by atoms with Crippen molar-refractivity contribution in [2.45, 2.75) is 12.3 Å². The predicted octanol–water partition coefficient (Wildman–Crippen LogP) is 1.07. The molecule has 92 valence electrons. The third-order valence-electron chi connectivity index (χ3n) is 2.73. The van der Waals surface area contributed by atoms with Gasteiger partial charge in [-0.3, -0.25) is 9.69 Å². The minimum Gasteiger partial charge on any atom is -0.477 e. The molecule has 0 radical (unpaired) electrons. The summed E-state index contributed by atoms with van der Waals surface area (Å²) in [6.45, 7) is 1.82. The molecule has 1 amide bonds. The Morgan fingerprint density at radius 1 is 1.61 bits per heavy atom. The second-order valence-electron chi connectivity index (χ2n) is 3.79. The number of aryl methyl sites for hydroxylation is 1. The van der Waals surface area contributed by atoms with Gasteiger partial charge in [-0.25, -0.2) is 4.79 Å². The number of β-lactam (4-membered cyclic amide) rings is 1. The first kappa shape index (κ1) is 11.4. The quantitative estimate of drug-likeness (QED) is 0.645. The number of aliphatic carboxylic acids is 1. The van der Waals surface area contributed by atoms with E-state index in [0.717, 1.165) is 10.6 Å². The van der Waals surface area contributed by atoms with Crippen LogP contribution in [0, 0.1) is 6.92 Å². The second-order valence-corrected chi connectivity index (χ2v) is 5.53. The zero-order chi connectivity index (χ0) is 12.9. The Balaban J connectivity index is 1.89. The lowest BCUT2D eigenvalue weighted by Gasteiger charge is -2.37. The van der Waals surface area contributed by atoms with Gasteiger partial charge in [0, 0.05) is 5.41 Å². The lowest BCUT2D eigenvalue weighted by atomic mass is 10.0. The maximum atomic E-state index is 11.9. The van der Waals surface area contributed by atoms with Crippen molar-refractivity contribution in [2.75, 3.05) is 0 Å². The lowest BCUT2D eigenvalue weighted by Crippen LogP contribution is -2.51. The first-order valence-electron chi connectivity index (χ1n) is 5.02. The maximum Gasteiger partial charge on any atom is 0.353 e. The highest BCUT2D eigenvalue weighted by Gasteiger charge is 2.49. The van der Waals surface area contributed by atoms with E-state index in [0.29, 0.717) is 5.57 Å². The number of carboxylic acid groups (broad SMARTS) is 1. The van der Waals surface area contributed by atoms with Crippen LogP contribution in [0.4, 0.5) is 0 Å². The van der Waals surface area contributed by atoms with Crippen LogP contribution in [0.25, 0.3) is 6.08 Å². The largest absolute Gasteiger partial charge is 0.477 e. The standard InChI is InChI=1S/C10H7N3O3S2/c1-4-7(18-12-11-4)2-5-8(14)13-6(10(15)16)3-17-9(5)13/h2-3,9H,1H3,(H,15,16)/t9-/m1/s1. The number of fused-ring (bicyclic) bond motifs is 1. The summed E-state index contributed by atoms with van der Waals surface area (Å²) in [7, 11) is 0. The van der Waals surface area contributed by atoms with E-state index in [2.05, 4.69) is 9.59 Å². The second kappa shape index (κ2) is 3.92. The molecule has 1 fully saturated rings. The average Bonchev–Trinajstić information content (AvgIpc) is 2.90. The summed E-state index contributed by atoms with van der Waals surface area (Å²) in [5, 5.41) is 14.1. The number of carbonyl (C=O) groups excluding carboxylic acids is 1. The molecule has 6 nitrogen and oxygen atoms in total. The van der Waals surface area contributed by atoms with Gasteiger partial charge in [0.15, 0.2) is 0 Å². The fraction of sp³-hybridized carbons (Fsp3) is 0.200. The molecule has 2 aliphatic heterocycles. The highest BCUT2D eigenvalue weighted by molar-refractivity contribution is 8.03. The fourth-order valence-electron chi connectivity index (χ4n) is 1.78. The van der Waals surface area contributed by atoms with Crippen LogP contribution in [0.3, 0.4) is 0 Å². The number of thioether (sulfide) groups is 1. The van der Waals surface area contributed by atoms with E-state index in [1.165, 1.54) is 33.6 Å². The third-order valence-corrected chi connectivity index (χ3v) is 4.58. The van der Waals surface area contributed by atoms with Crippen LogP contribution in [-0.4, -0.2) is 36.8 Å². The van der Waals surface area contributed by atoms with Crippen molar-refractivity contribution in [1.29, 1.82) is 0 Å². The molecule has 0 saturated carbocycles. The molecule has 0 aliphatic carbocycles. The number of aromatic nitrogens is 2. The molecule has 0 aromatic carbocycles. The van der Waals surface area contributed by atoms with E-state index >= 15 is 0 Å². The van der Waals surface area contributed by atoms with E-state index in [1.807, 2.05) is 6.92 Å². The number of carbonyl (C=O) groups is 2. The summed E-state index contributed by atoms with van der Waals surface area (Å²) in [6.07, 6.45) is 1.75. The van der Waals surface area contributed by atoms with Crippen LogP contribution in [-0.2, 0) is 9.59 Å². The smallest absolute Gasteiger partial charge is 0.353 e. The van der Waals surface area contributed by atoms with Gasteiger partial charge in [0.1, 0.15) is 11.1 Å². The van der Waals surface area contributed by atoms with Gasteiger partial charge in [-0.15, -0.1) is 16.9 Å². The molecule has 0 spiro atoms. The molecule has 1 N–H and O–H groups in total. The highest BCUT2D eigenvalue weighted by atomic mass is 32.2. The number of amides is 1. The van der Waals surface area contributed by atoms with Crippen molar-refractivity contribution in [3.05, 3.63) is 27.2 Å². The Labute approximate surface area is 110 Å². The molecule has 1 aromatic heterocycles. The molecule has 1 aromatic rings. The maximum absolute atomic E-state index is 11.9. The number of rotatable bonds is 2. The van der Waals surface area contributed by atoms with Crippen LogP contribution >= 0.6 is 23.3 Å². The number of hydrogen-bond acceptors (Lipinski definition) is 6. The monoisotopic (exact) mass is 281 g/mol. The van der Waals surface area contributed by atoms with Crippen LogP contribution < -0.4 is 0 Å². The average molecular weight is 281 g/mol. The van der Waals surface area contributed by atoms with Crippen LogP contribution in [0.5, 0.6) is 0 Å². The summed E-state index contributed by atoms with van der Waals surface area (Å²) < 4.78 is 3.80. The summed E-state index contributed by atoms with van der Waals surface area (Å²) in [5.41, 5.74) is 1.42. The topological polar surface area (TPSA) is 83.4 Å². The van der Waals surface area contributed by atoms with Crippen molar-refractivity contribution in [3.63, 3.8) is 0 Å². The van der Waals surface area contributed by atoms with Crippen LogP contribution in [0.1, 0.15) is 10.6 Å². The minimum atomic E-state index is -1.08. The SMILES string of the molecule is Cc1nnsc1C=C1C(=O)N2C(C(=O)O)=CS[C@H]12. The van der Waals surface area contributed by atoms with Gasteiger partial charge in [-0.1, -0.05) is 4.49 Å². The van der Waals surface area contributed by atoms with Gasteiger partial charge in [-0.2, -0.15) is 0 Å². The lowest BCUT2D eigenvalue weighted by molar-refractivity contribution is -0.141. The first-order valence-corrected chi connectivity index (χ1v) is 6.74. The van der Waals surface area contributed by atoms with Gasteiger partial charge >= 0.3 is 5.97 Å². The van der Waals surface area contributed by atoms with Crippen molar-refractivity contribution >= 4 is 41.2 Å².